The van der Waals surface area contributed by atoms with E-state index >= 15 is 0 Å². The fourth-order valence-corrected chi connectivity index (χ4v) is 3.38. The van der Waals surface area contributed by atoms with E-state index in [-0.39, 0.29) is 21.7 Å². The Kier molecular flexibility index (Phi) is 6.80. The Bertz CT molecular complexity index is 97.6. The van der Waals surface area contributed by atoms with Gasteiger partial charge in [-0.3, -0.25) is 4.79 Å². The molecule has 0 aromatic carbocycles. The van der Waals surface area contributed by atoms with Gasteiger partial charge in [-0.2, -0.15) is 0 Å². The van der Waals surface area contributed by atoms with Crippen molar-refractivity contribution < 1.29 is 21.8 Å². The topological polar surface area (TPSA) is 17.1 Å². The molecule has 0 atom stereocenters. The SMILES string of the molecule is C[P+](C)(C)CC(=O)Br.[Br-]. The molecular weight excluding hydrogens is 267 g/mol. The predicted molar refractivity (Wildman–Crippen MR) is 43.5 cm³/mol. The number of hydrogen-bond acceptors (Lipinski definition) is 1. The summed E-state index contributed by atoms with van der Waals surface area (Å²) in [5.74, 6) is 0. The highest BCUT2D eigenvalue weighted by Crippen LogP contribution is 2.46. The molecule has 0 aromatic rings. The van der Waals surface area contributed by atoms with E-state index in [4.69, 9.17) is 0 Å². The van der Waals surface area contributed by atoms with E-state index in [2.05, 4.69) is 35.9 Å². The van der Waals surface area contributed by atoms with Gasteiger partial charge in [0.15, 0.2) is 0 Å². The summed E-state index contributed by atoms with van der Waals surface area (Å²) in [4.78, 5) is 10.4. The van der Waals surface area contributed by atoms with Gasteiger partial charge in [0.05, 0.1) is 0 Å². The molecule has 0 saturated carbocycles. The van der Waals surface area contributed by atoms with Crippen LogP contribution in [0.2, 0.25) is 0 Å². The third kappa shape index (κ3) is 12.3. The van der Waals surface area contributed by atoms with E-state index < -0.39 is 7.26 Å². The van der Waals surface area contributed by atoms with Crippen LogP contribution in [0.5, 0.6) is 0 Å². The van der Waals surface area contributed by atoms with E-state index in [0.717, 1.165) is 0 Å². The maximum absolute atomic E-state index is 10.4. The van der Waals surface area contributed by atoms with Gasteiger partial charge in [-0.05, 0) is 15.9 Å². The number of hydrogen-bond donors (Lipinski definition) is 0. The first-order valence-corrected chi connectivity index (χ1v) is 6.51. The number of rotatable bonds is 2. The van der Waals surface area contributed by atoms with Crippen molar-refractivity contribution in [3.05, 3.63) is 0 Å². The molecule has 0 aliphatic carbocycles. The fraction of sp³-hybridized carbons (Fsp3) is 0.800. The fourth-order valence-electron chi connectivity index (χ4n) is 0.373. The molecule has 0 spiro atoms. The molecule has 0 radical (unpaired) electrons. The predicted octanol–water partition coefficient (Wildman–Crippen LogP) is -1.18. The molecule has 0 fully saturated rings. The first-order chi connectivity index (χ1) is 3.42. The Morgan fingerprint density at radius 3 is 1.78 bits per heavy atom. The lowest BCUT2D eigenvalue weighted by molar-refractivity contribution is -0.108. The van der Waals surface area contributed by atoms with Gasteiger partial charge in [0.1, 0.15) is 6.16 Å². The second-order valence-corrected chi connectivity index (χ2v) is 8.58. The maximum atomic E-state index is 10.4. The van der Waals surface area contributed by atoms with Crippen molar-refractivity contribution in [2.75, 3.05) is 26.2 Å². The lowest BCUT2D eigenvalue weighted by Crippen LogP contribution is -3.00. The number of carbonyl (C=O) groups is 1. The molecule has 0 aliphatic heterocycles. The van der Waals surface area contributed by atoms with Crippen LogP contribution < -0.4 is 17.0 Å². The Hall–Kier alpha value is 1.06. The quantitative estimate of drug-likeness (QED) is 0.459. The smallest absolute Gasteiger partial charge is 0.234 e. The summed E-state index contributed by atoms with van der Waals surface area (Å²) < 4.78 is 0.137. The zero-order valence-electron chi connectivity index (χ0n) is 5.82. The summed E-state index contributed by atoms with van der Waals surface area (Å²) in [6.45, 7) is 6.44. The van der Waals surface area contributed by atoms with E-state index in [1.165, 1.54) is 0 Å². The molecule has 0 aromatic heterocycles. The monoisotopic (exact) mass is 276 g/mol. The van der Waals surface area contributed by atoms with Crippen LogP contribution in [0.3, 0.4) is 0 Å². The van der Waals surface area contributed by atoms with Gasteiger partial charge in [0.2, 0.25) is 4.69 Å². The van der Waals surface area contributed by atoms with Gasteiger partial charge in [-0.25, -0.2) is 0 Å². The molecular formula is C5H11Br2OP. The van der Waals surface area contributed by atoms with E-state index in [1.807, 2.05) is 0 Å². The van der Waals surface area contributed by atoms with Crippen LogP contribution in [0, 0.1) is 0 Å². The van der Waals surface area contributed by atoms with Crippen molar-refractivity contribution in [3.8, 4) is 0 Å². The Balaban J connectivity index is 0. The Labute approximate surface area is 75.8 Å². The molecule has 0 N–H and O–H groups in total. The van der Waals surface area contributed by atoms with E-state index in [1.54, 1.807) is 0 Å². The molecule has 0 unspecified atom stereocenters. The van der Waals surface area contributed by atoms with Gasteiger partial charge in [0, 0.05) is 27.3 Å². The summed E-state index contributed by atoms with van der Waals surface area (Å²) in [5, 5.41) is 0. The third-order valence-corrected chi connectivity index (χ3v) is 2.55. The van der Waals surface area contributed by atoms with Crippen LogP contribution in [0.25, 0.3) is 0 Å². The van der Waals surface area contributed by atoms with Gasteiger partial charge in [-0.1, -0.05) is 0 Å². The summed E-state index contributed by atoms with van der Waals surface area (Å²) in [7, 11) is -0.868. The van der Waals surface area contributed by atoms with Crippen molar-refractivity contribution >= 4 is 27.9 Å². The summed E-state index contributed by atoms with van der Waals surface area (Å²) in [6, 6.07) is 0. The second-order valence-electron chi connectivity index (χ2n) is 2.80. The molecule has 56 valence electrons. The summed E-state index contributed by atoms with van der Waals surface area (Å²) in [5.41, 5.74) is 0. The molecule has 0 aliphatic rings. The Morgan fingerprint density at radius 2 is 1.78 bits per heavy atom. The molecule has 4 heteroatoms. The largest absolute Gasteiger partial charge is 1.00 e. The molecule has 1 nitrogen and oxygen atoms in total. The van der Waals surface area contributed by atoms with Gasteiger partial charge >= 0.3 is 0 Å². The average Bonchev–Trinajstić information content (AvgIpc) is 1.21. The second kappa shape index (κ2) is 4.81. The average molecular weight is 278 g/mol. The molecule has 0 saturated heterocycles. The zero-order valence-corrected chi connectivity index (χ0v) is 9.88. The van der Waals surface area contributed by atoms with Gasteiger partial charge in [-0.15, -0.1) is 0 Å². The minimum absolute atomic E-state index is 0. The van der Waals surface area contributed by atoms with Gasteiger partial charge in [0.25, 0.3) is 0 Å². The number of carbonyl (C=O) groups excluding carboxylic acids is 1. The highest BCUT2D eigenvalue weighted by Gasteiger charge is 2.19. The zero-order chi connectivity index (χ0) is 6.78. The van der Waals surface area contributed by atoms with Gasteiger partial charge < -0.3 is 17.0 Å². The normalized spacial score (nSPS) is 10.2. The van der Waals surface area contributed by atoms with Crippen molar-refractivity contribution in [1.29, 1.82) is 0 Å². The maximum Gasteiger partial charge on any atom is 0.234 e. The minimum atomic E-state index is -0.868. The van der Waals surface area contributed by atoms with Crippen LogP contribution in [-0.4, -0.2) is 30.8 Å². The highest BCUT2D eigenvalue weighted by molar-refractivity contribution is 9.18. The summed E-state index contributed by atoms with van der Waals surface area (Å²) in [6.07, 6.45) is 0.715. The molecule has 0 heterocycles. The minimum Gasteiger partial charge on any atom is -1.00 e. The van der Waals surface area contributed by atoms with Crippen LogP contribution in [0.1, 0.15) is 0 Å². The van der Waals surface area contributed by atoms with Crippen molar-refractivity contribution in [2.45, 2.75) is 0 Å². The first kappa shape index (κ1) is 12.7. The lowest BCUT2D eigenvalue weighted by Gasteiger charge is -2.06. The highest BCUT2D eigenvalue weighted by atomic mass is 79.9. The standard InChI is InChI=1S/C5H11BrOP.BrH/c1-8(2,3)4-5(6)7;/h4H2,1-3H3;1H/q+1;/p-1. The summed E-state index contributed by atoms with van der Waals surface area (Å²) >= 11 is 2.90. The van der Waals surface area contributed by atoms with Crippen molar-refractivity contribution in [3.63, 3.8) is 0 Å². The van der Waals surface area contributed by atoms with Crippen LogP contribution in [0.15, 0.2) is 0 Å². The number of halogens is 2. The lowest BCUT2D eigenvalue weighted by atomic mass is 10.9. The van der Waals surface area contributed by atoms with Crippen molar-refractivity contribution in [2.24, 2.45) is 0 Å². The van der Waals surface area contributed by atoms with Crippen LogP contribution in [-0.2, 0) is 4.79 Å². The van der Waals surface area contributed by atoms with Crippen LogP contribution in [0.4, 0.5) is 0 Å². The molecule has 0 rings (SSSR count). The van der Waals surface area contributed by atoms with E-state index in [9.17, 15) is 4.79 Å². The van der Waals surface area contributed by atoms with E-state index in [0.29, 0.717) is 6.16 Å². The molecule has 9 heavy (non-hydrogen) atoms. The third-order valence-electron chi connectivity index (χ3n) is 0.599. The Morgan fingerprint density at radius 1 is 1.44 bits per heavy atom. The molecule has 0 bridgehead atoms. The van der Waals surface area contributed by atoms with Crippen LogP contribution >= 0.6 is 23.2 Å². The first-order valence-electron chi connectivity index (χ1n) is 2.40. The van der Waals surface area contributed by atoms with Crippen molar-refractivity contribution in [1.82, 2.24) is 0 Å². The molecule has 0 amide bonds.